The minimum atomic E-state index is -0.983. The summed E-state index contributed by atoms with van der Waals surface area (Å²) in [7, 11) is 0. The minimum Gasteiger partial charge on any atom is -0.508 e. The van der Waals surface area contributed by atoms with Crippen molar-refractivity contribution in [2.45, 2.75) is 0 Å². The van der Waals surface area contributed by atoms with Gasteiger partial charge in [-0.3, -0.25) is 0 Å². The standard InChI is InChI=1S/C14H8FNO3S2/c15-9-1-7(2-10(17)4-9)13-16-11(6-21-13)12-3-8(5-20-12)14(18)19/h1-6,17H,(H,18,19). The number of aromatic nitrogens is 1. The smallest absolute Gasteiger partial charge is 0.336 e. The monoisotopic (exact) mass is 321 g/mol. The van der Waals surface area contributed by atoms with Crippen LogP contribution in [-0.4, -0.2) is 21.2 Å². The van der Waals surface area contributed by atoms with Crippen LogP contribution in [0.15, 0.2) is 35.0 Å². The van der Waals surface area contributed by atoms with Gasteiger partial charge in [0.15, 0.2) is 0 Å². The Balaban J connectivity index is 1.97. The second kappa shape index (κ2) is 5.27. The SMILES string of the molecule is O=C(O)c1csc(-c2csc(-c3cc(O)cc(F)c3)n2)c1. The summed E-state index contributed by atoms with van der Waals surface area (Å²) in [5.41, 5.74) is 1.34. The van der Waals surface area contributed by atoms with Crippen molar-refractivity contribution in [1.29, 1.82) is 0 Å². The largest absolute Gasteiger partial charge is 0.508 e. The summed E-state index contributed by atoms with van der Waals surface area (Å²) in [5, 5.41) is 22.2. The number of thiazole rings is 1. The third-order valence-electron chi connectivity index (χ3n) is 2.73. The quantitative estimate of drug-likeness (QED) is 0.762. The summed E-state index contributed by atoms with van der Waals surface area (Å²) in [6.45, 7) is 0. The number of phenolic OH excluding ortho intramolecular Hbond substituents is 1. The first kappa shape index (κ1) is 13.7. The number of benzene rings is 1. The number of phenols is 1. The van der Waals surface area contributed by atoms with Gasteiger partial charge in [-0.15, -0.1) is 22.7 Å². The Morgan fingerprint density at radius 2 is 1.95 bits per heavy atom. The average Bonchev–Trinajstić information content (AvgIpc) is 3.07. The van der Waals surface area contributed by atoms with Gasteiger partial charge in [0.1, 0.15) is 16.6 Å². The van der Waals surface area contributed by atoms with Gasteiger partial charge in [0.05, 0.1) is 16.1 Å². The highest BCUT2D eigenvalue weighted by atomic mass is 32.1. The van der Waals surface area contributed by atoms with Crippen LogP contribution < -0.4 is 0 Å². The molecule has 0 atom stereocenters. The molecule has 0 unspecified atom stereocenters. The summed E-state index contributed by atoms with van der Waals surface area (Å²) in [5.74, 6) is -1.68. The van der Waals surface area contributed by atoms with E-state index in [2.05, 4.69) is 4.98 Å². The zero-order valence-corrected chi connectivity index (χ0v) is 12.0. The first-order valence-electron chi connectivity index (χ1n) is 5.80. The van der Waals surface area contributed by atoms with Crippen molar-refractivity contribution in [3.05, 3.63) is 46.4 Å². The van der Waals surface area contributed by atoms with Crippen LogP contribution in [0.3, 0.4) is 0 Å². The van der Waals surface area contributed by atoms with Gasteiger partial charge in [-0.2, -0.15) is 0 Å². The zero-order chi connectivity index (χ0) is 15.0. The van der Waals surface area contributed by atoms with E-state index in [-0.39, 0.29) is 11.3 Å². The van der Waals surface area contributed by atoms with Gasteiger partial charge >= 0.3 is 5.97 Å². The molecule has 0 aliphatic carbocycles. The fourth-order valence-corrected chi connectivity index (χ4v) is 3.53. The van der Waals surface area contributed by atoms with E-state index < -0.39 is 11.8 Å². The molecule has 106 valence electrons. The van der Waals surface area contributed by atoms with E-state index in [0.717, 1.165) is 10.9 Å². The number of nitrogens with zero attached hydrogens (tertiary/aromatic N) is 1. The van der Waals surface area contributed by atoms with Crippen molar-refractivity contribution in [3.8, 4) is 26.9 Å². The Morgan fingerprint density at radius 1 is 1.14 bits per heavy atom. The molecule has 2 N–H and O–H groups in total. The molecule has 4 nitrogen and oxygen atoms in total. The lowest BCUT2D eigenvalue weighted by Crippen LogP contribution is -1.91. The number of rotatable bonds is 3. The second-order valence-electron chi connectivity index (χ2n) is 4.24. The van der Waals surface area contributed by atoms with E-state index in [9.17, 15) is 14.3 Å². The minimum absolute atomic E-state index is 0.161. The molecule has 2 aromatic heterocycles. The molecule has 0 amide bonds. The van der Waals surface area contributed by atoms with Crippen molar-refractivity contribution in [1.82, 2.24) is 4.98 Å². The second-order valence-corrected chi connectivity index (χ2v) is 6.01. The lowest BCUT2D eigenvalue weighted by Gasteiger charge is -1.98. The number of aromatic carboxylic acids is 1. The predicted octanol–water partition coefficient (Wildman–Crippen LogP) is 4.08. The molecule has 0 aliphatic heterocycles. The maximum absolute atomic E-state index is 13.3. The van der Waals surface area contributed by atoms with Crippen LogP contribution in [0.1, 0.15) is 10.4 Å². The van der Waals surface area contributed by atoms with Crippen molar-refractivity contribution in [3.63, 3.8) is 0 Å². The number of hydrogen-bond donors (Lipinski definition) is 2. The number of aromatic hydroxyl groups is 1. The Bertz CT molecular complexity index is 805. The fraction of sp³-hybridized carbons (Fsp3) is 0. The Kier molecular flexibility index (Phi) is 3.44. The number of thiophene rings is 1. The molecule has 21 heavy (non-hydrogen) atoms. The van der Waals surface area contributed by atoms with E-state index in [1.165, 1.54) is 34.8 Å². The molecule has 2 heterocycles. The maximum atomic E-state index is 13.3. The highest BCUT2D eigenvalue weighted by Gasteiger charge is 2.12. The summed E-state index contributed by atoms with van der Waals surface area (Å²) in [6.07, 6.45) is 0. The lowest BCUT2D eigenvalue weighted by atomic mass is 10.2. The van der Waals surface area contributed by atoms with E-state index in [4.69, 9.17) is 5.11 Å². The fourth-order valence-electron chi connectivity index (χ4n) is 1.80. The molecule has 0 fully saturated rings. The Labute approximate surface area is 126 Å². The number of halogens is 1. The molecular weight excluding hydrogens is 313 g/mol. The third-order valence-corrected chi connectivity index (χ3v) is 4.58. The summed E-state index contributed by atoms with van der Waals surface area (Å²) in [4.78, 5) is 16.0. The van der Waals surface area contributed by atoms with Gasteiger partial charge < -0.3 is 10.2 Å². The van der Waals surface area contributed by atoms with Gasteiger partial charge in [-0.25, -0.2) is 14.2 Å². The summed E-state index contributed by atoms with van der Waals surface area (Å²) in [6, 6.07) is 5.30. The van der Waals surface area contributed by atoms with Crippen LogP contribution in [0.25, 0.3) is 21.1 Å². The van der Waals surface area contributed by atoms with Gasteiger partial charge in [0.25, 0.3) is 0 Å². The highest BCUT2D eigenvalue weighted by Crippen LogP contribution is 2.33. The molecule has 1 aromatic carbocycles. The molecule has 0 saturated heterocycles. The first-order valence-corrected chi connectivity index (χ1v) is 7.56. The lowest BCUT2D eigenvalue weighted by molar-refractivity contribution is 0.0697. The highest BCUT2D eigenvalue weighted by molar-refractivity contribution is 7.15. The maximum Gasteiger partial charge on any atom is 0.336 e. The van der Waals surface area contributed by atoms with Crippen LogP contribution in [0, 0.1) is 5.82 Å². The molecule has 0 bridgehead atoms. The molecule has 3 aromatic rings. The van der Waals surface area contributed by atoms with E-state index in [1.807, 2.05) is 0 Å². The van der Waals surface area contributed by atoms with Crippen LogP contribution >= 0.6 is 22.7 Å². The molecule has 0 spiro atoms. The van der Waals surface area contributed by atoms with Crippen molar-refractivity contribution >= 4 is 28.6 Å². The van der Waals surface area contributed by atoms with Gasteiger partial charge in [-0.05, 0) is 18.2 Å². The molecule has 0 saturated carbocycles. The Hall–Kier alpha value is -2.25. The van der Waals surface area contributed by atoms with Gasteiger partial charge in [0, 0.05) is 22.4 Å². The molecule has 0 aliphatic rings. The van der Waals surface area contributed by atoms with Gasteiger partial charge in [0.2, 0.25) is 0 Å². The molecule has 7 heteroatoms. The number of carboxylic acid groups (broad SMARTS) is 1. The van der Waals surface area contributed by atoms with Crippen LogP contribution in [0.4, 0.5) is 4.39 Å². The number of hydrogen-bond acceptors (Lipinski definition) is 5. The van der Waals surface area contributed by atoms with Crippen LogP contribution in [-0.2, 0) is 0 Å². The van der Waals surface area contributed by atoms with E-state index in [1.54, 1.807) is 16.8 Å². The first-order chi connectivity index (χ1) is 10.0. The summed E-state index contributed by atoms with van der Waals surface area (Å²) < 4.78 is 13.3. The van der Waals surface area contributed by atoms with Crippen molar-refractivity contribution in [2.75, 3.05) is 0 Å². The van der Waals surface area contributed by atoms with Crippen molar-refractivity contribution in [2.24, 2.45) is 0 Å². The predicted molar refractivity (Wildman–Crippen MR) is 79.4 cm³/mol. The zero-order valence-electron chi connectivity index (χ0n) is 10.4. The van der Waals surface area contributed by atoms with Crippen LogP contribution in [0.2, 0.25) is 0 Å². The van der Waals surface area contributed by atoms with Gasteiger partial charge in [-0.1, -0.05) is 0 Å². The number of carbonyl (C=O) groups is 1. The molecule has 0 radical (unpaired) electrons. The molecule has 3 rings (SSSR count). The summed E-state index contributed by atoms with van der Waals surface area (Å²) >= 11 is 2.59. The topological polar surface area (TPSA) is 70.4 Å². The average molecular weight is 321 g/mol. The van der Waals surface area contributed by atoms with Crippen LogP contribution in [0.5, 0.6) is 5.75 Å². The number of carboxylic acids is 1. The van der Waals surface area contributed by atoms with E-state index >= 15 is 0 Å². The normalized spacial score (nSPS) is 10.7. The third kappa shape index (κ3) is 2.79. The van der Waals surface area contributed by atoms with Crippen molar-refractivity contribution < 1.29 is 19.4 Å². The Morgan fingerprint density at radius 3 is 2.62 bits per heavy atom. The van der Waals surface area contributed by atoms with E-state index in [0.29, 0.717) is 16.3 Å². The molecular formula is C14H8FNO3S2.